The Hall–Kier alpha value is -1.90. The molecule has 1 aromatic carbocycles. The fourth-order valence-corrected chi connectivity index (χ4v) is 2.20. The fraction of sp³-hybridized carbons (Fsp3) is 0.333. The van der Waals surface area contributed by atoms with E-state index in [-0.39, 0.29) is 11.7 Å². The number of hydrogen-bond donors (Lipinski definition) is 1. The van der Waals surface area contributed by atoms with Gasteiger partial charge in [0.1, 0.15) is 5.69 Å². The van der Waals surface area contributed by atoms with E-state index in [4.69, 9.17) is 5.73 Å². The van der Waals surface area contributed by atoms with E-state index < -0.39 is 0 Å². The highest BCUT2D eigenvalue weighted by Crippen LogP contribution is 2.23. The van der Waals surface area contributed by atoms with Gasteiger partial charge in [-0.1, -0.05) is 32.0 Å². The first kappa shape index (κ1) is 12.6. The molecule has 0 unspecified atom stereocenters. The number of carbonyl (C=O) groups is 1. The van der Waals surface area contributed by atoms with Crippen LogP contribution in [0.25, 0.3) is 10.9 Å². The number of Topliss-reactive ketones (excluding diaryl/α,β-unsaturated/α-hetero) is 1. The normalized spacial score (nSPS) is 11.1. The summed E-state index contributed by atoms with van der Waals surface area (Å²) in [6, 6.07) is 9.32. The summed E-state index contributed by atoms with van der Waals surface area (Å²) in [7, 11) is 0. The van der Waals surface area contributed by atoms with Crippen LogP contribution in [0.1, 0.15) is 37.2 Å². The highest BCUT2D eigenvalue weighted by atomic mass is 16.1. The van der Waals surface area contributed by atoms with Crippen LogP contribution in [0.5, 0.6) is 0 Å². The molecule has 0 fully saturated rings. The van der Waals surface area contributed by atoms with Crippen LogP contribution in [0, 0.1) is 5.92 Å². The van der Waals surface area contributed by atoms with Gasteiger partial charge >= 0.3 is 0 Å². The first-order valence-electron chi connectivity index (χ1n) is 6.36. The molecule has 2 aromatic rings. The molecule has 0 atom stereocenters. The maximum absolute atomic E-state index is 12.3. The highest BCUT2D eigenvalue weighted by Gasteiger charge is 2.18. The number of carbonyl (C=O) groups excluding carboxylic acids is 1. The van der Waals surface area contributed by atoms with Crippen LogP contribution in [-0.4, -0.2) is 10.8 Å². The topological polar surface area (TPSA) is 56.0 Å². The molecule has 0 bridgehead atoms. The number of anilines is 1. The Morgan fingerprint density at radius 2 is 1.94 bits per heavy atom. The smallest absolute Gasteiger partial charge is 0.184 e. The second-order valence-electron chi connectivity index (χ2n) is 4.49. The maximum atomic E-state index is 12.3. The van der Waals surface area contributed by atoms with Crippen LogP contribution >= 0.6 is 0 Å². The van der Waals surface area contributed by atoms with Crippen molar-refractivity contribution < 1.29 is 4.79 Å². The minimum Gasteiger partial charge on any atom is -0.398 e. The van der Waals surface area contributed by atoms with Crippen molar-refractivity contribution in [3.63, 3.8) is 0 Å². The molecule has 3 heteroatoms. The predicted octanol–water partition coefficient (Wildman–Crippen LogP) is 3.44. The van der Waals surface area contributed by atoms with Crippen molar-refractivity contribution in [1.29, 1.82) is 0 Å². The van der Waals surface area contributed by atoms with Gasteiger partial charge in [0, 0.05) is 17.0 Å². The zero-order valence-corrected chi connectivity index (χ0v) is 10.8. The molecule has 0 amide bonds. The van der Waals surface area contributed by atoms with Crippen molar-refractivity contribution in [3.8, 4) is 0 Å². The minimum atomic E-state index is 0.0399. The number of nitrogens with zero attached hydrogens (tertiary/aromatic N) is 1. The maximum Gasteiger partial charge on any atom is 0.184 e. The summed E-state index contributed by atoms with van der Waals surface area (Å²) in [6.07, 6.45) is 1.67. The van der Waals surface area contributed by atoms with Crippen molar-refractivity contribution in [2.45, 2.75) is 26.7 Å². The molecule has 0 spiro atoms. The van der Waals surface area contributed by atoms with E-state index in [1.807, 2.05) is 38.1 Å². The van der Waals surface area contributed by atoms with E-state index in [9.17, 15) is 4.79 Å². The molecule has 0 saturated carbocycles. The number of nitrogen functional groups attached to an aromatic ring is 1. The van der Waals surface area contributed by atoms with Crippen molar-refractivity contribution in [3.05, 3.63) is 36.0 Å². The molecule has 94 valence electrons. The summed E-state index contributed by atoms with van der Waals surface area (Å²) in [5.41, 5.74) is 7.88. The number of aromatic nitrogens is 1. The molecule has 2 rings (SSSR count). The number of ketones is 1. The summed E-state index contributed by atoms with van der Waals surface area (Å²) in [6.45, 7) is 4.05. The second-order valence-corrected chi connectivity index (χ2v) is 4.49. The van der Waals surface area contributed by atoms with Gasteiger partial charge in [-0.25, -0.2) is 4.98 Å². The standard InChI is InChI=1S/C15H18N2O/c1-3-10(4-2)15(18)14-9-12(16)11-7-5-6-8-13(11)17-14/h5-10H,3-4H2,1-2H3,(H2,16,17). The summed E-state index contributed by atoms with van der Waals surface area (Å²) in [4.78, 5) is 16.7. The number of para-hydroxylation sites is 1. The summed E-state index contributed by atoms with van der Waals surface area (Å²) in [5.74, 6) is 0.135. The average molecular weight is 242 g/mol. The number of nitrogens with two attached hydrogens (primary N) is 1. The number of fused-ring (bicyclic) bond motifs is 1. The number of benzene rings is 1. The van der Waals surface area contributed by atoms with E-state index >= 15 is 0 Å². The zero-order valence-electron chi connectivity index (χ0n) is 10.8. The first-order valence-corrected chi connectivity index (χ1v) is 6.36. The SMILES string of the molecule is CCC(CC)C(=O)c1cc(N)c2ccccc2n1. The largest absolute Gasteiger partial charge is 0.398 e. The van der Waals surface area contributed by atoms with Gasteiger partial charge in [0.15, 0.2) is 5.78 Å². The monoisotopic (exact) mass is 242 g/mol. The third-order valence-electron chi connectivity index (χ3n) is 3.36. The Balaban J connectivity index is 2.49. The van der Waals surface area contributed by atoms with Crippen LogP contribution in [-0.2, 0) is 0 Å². The van der Waals surface area contributed by atoms with Gasteiger partial charge in [0.05, 0.1) is 5.52 Å². The van der Waals surface area contributed by atoms with Gasteiger partial charge in [-0.3, -0.25) is 4.79 Å². The number of rotatable bonds is 4. The summed E-state index contributed by atoms with van der Waals surface area (Å²) in [5, 5.41) is 0.901. The van der Waals surface area contributed by atoms with Crippen LogP contribution < -0.4 is 5.73 Å². The van der Waals surface area contributed by atoms with Crippen molar-refractivity contribution in [1.82, 2.24) is 4.98 Å². The van der Waals surface area contributed by atoms with Crippen LogP contribution in [0.15, 0.2) is 30.3 Å². The molecular weight excluding hydrogens is 224 g/mol. The average Bonchev–Trinajstić information content (AvgIpc) is 2.40. The number of pyridine rings is 1. The molecule has 1 aromatic heterocycles. The van der Waals surface area contributed by atoms with Gasteiger partial charge < -0.3 is 5.73 Å². The Kier molecular flexibility index (Phi) is 3.60. The molecule has 0 aliphatic rings. The van der Waals surface area contributed by atoms with Crippen molar-refractivity contribution in [2.75, 3.05) is 5.73 Å². The molecule has 2 N–H and O–H groups in total. The Morgan fingerprint density at radius 1 is 1.28 bits per heavy atom. The van der Waals surface area contributed by atoms with Gasteiger partial charge in [-0.2, -0.15) is 0 Å². The fourth-order valence-electron chi connectivity index (χ4n) is 2.20. The van der Waals surface area contributed by atoms with Gasteiger partial charge in [0.25, 0.3) is 0 Å². The van der Waals surface area contributed by atoms with E-state index in [0.29, 0.717) is 11.4 Å². The van der Waals surface area contributed by atoms with E-state index in [1.165, 1.54) is 0 Å². The van der Waals surface area contributed by atoms with E-state index in [1.54, 1.807) is 6.07 Å². The third-order valence-corrected chi connectivity index (χ3v) is 3.36. The summed E-state index contributed by atoms with van der Waals surface area (Å²) < 4.78 is 0. The Bertz CT molecular complexity index is 574. The lowest BCUT2D eigenvalue weighted by Gasteiger charge is -2.11. The molecule has 0 aliphatic heterocycles. The minimum absolute atomic E-state index is 0.0399. The molecular formula is C15H18N2O. The van der Waals surface area contributed by atoms with E-state index in [0.717, 1.165) is 23.7 Å². The third kappa shape index (κ3) is 2.21. The Labute approximate surface area is 107 Å². The first-order chi connectivity index (χ1) is 8.67. The second kappa shape index (κ2) is 5.17. The summed E-state index contributed by atoms with van der Waals surface area (Å²) >= 11 is 0. The van der Waals surface area contributed by atoms with Crippen LogP contribution in [0.3, 0.4) is 0 Å². The Morgan fingerprint density at radius 3 is 2.61 bits per heavy atom. The van der Waals surface area contributed by atoms with Crippen LogP contribution in [0.2, 0.25) is 0 Å². The van der Waals surface area contributed by atoms with Crippen molar-refractivity contribution in [2.24, 2.45) is 5.92 Å². The predicted molar refractivity (Wildman–Crippen MR) is 74.6 cm³/mol. The van der Waals surface area contributed by atoms with E-state index in [2.05, 4.69) is 4.98 Å². The lowest BCUT2D eigenvalue weighted by molar-refractivity contribution is 0.0908. The molecule has 0 radical (unpaired) electrons. The highest BCUT2D eigenvalue weighted by molar-refractivity contribution is 6.01. The lowest BCUT2D eigenvalue weighted by atomic mass is 9.95. The lowest BCUT2D eigenvalue weighted by Crippen LogP contribution is -2.15. The van der Waals surface area contributed by atoms with Gasteiger partial charge in [-0.05, 0) is 25.0 Å². The number of hydrogen-bond acceptors (Lipinski definition) is 3. The van der Waals surface area contributed by atoms with Crippen molar-refractivity contribution >= 4 is 22.4 Å². The zero-order chi connectivity index (χ0) is 13.1. The van der Waals surface area contributed by atoms with Gasteiger partial charge in [0.2, 0.25) is 0 Å². The van der Waals surface area contributed by atoms with Crippen LogP contribution in [0.4, 0.5) is 5.69 Å². The molecule has 1 heterocycles. The molecule has 3 nitrogen and oxygen atoms in total. The van der Waals surface area contributed by atoms with Gasteiger partial charge in [-0.15, -0.1) is 0 Å². The quantitative estimate of drug-likeness (QED) is 0.835. The molecule has 0 saturated heterocycles. The molecule has 0 aliphatic carbocycles. The molecule has 18 heavy (non-hydrogen) atoms.